The number of aryl methyl sites for hydroxylation is 1. The number of aromatic hydroxyl groups is 1. The summed E-state index contributed by atoms with van der Waals surface area (Å²) in [4.78, 5) is 2.32. The summed E-state index contributed by atoms with van der Waals surface area (Å²) < 4.78 is 2.25. The van der Waals surface area contributed by atoms with Crippen molar-refractivity contribution >= 4 is 23.3 Å². The average molecular weight is 281 g/mol. The van der Waals surface area contributed by atoms with Crippen molar-refractivity contribution in [2.75, 3.05) is 14.1 Å². The molecule has 1 heterocycles. The first kappa shape index (κ1) is 14.2. The Balaban J connectivity index is 0.00000133. The average Bonchev–Trinajstić information content (AvgIpc) is 2.62. The number of benzene rings is 1. The van der Waals surface area contributed by atoms with Gasteiger partial charge in [0.2, 0.25) is 0 Å². The Morgan fingerprint density at radius 2 is 2.05 bits per heavy atom. The fourth-order valence-corrected chi connectivity index (χ4v) is 3.18. The van der Waals surface area contributed by atoms with Gasteiger partial charge in [-0.25, -0.2) is 0 Å². The third kappa shape index (κ3) is 2.21. The molecule has 1 aliphatic carbocycles. The van der Waals surface area contributed by atoms with Gasteiger partial charge in [0, 0.05) is 30.2 Å². The maximum atomic E-state index is 9.63. The molecule has 2 aromatic rings. The number of hydrogen-bond acceptors (Lipinski definition) is 2. The molecular weight excluding hydrogens is 260 g/mol. The van der Waals surface area contributed by atoms with Crippen LogP contribution in [0.1, 0.15) is 17.7 Å². The van der Waals surface area contributed by atoms with E-state index in [0.29, 0.717) is 11.8 Å². The number of phenols is 1. The normalized spacial score (nSPS) is 18.4. The quantitative estimate of drug-likeness (QED) is 0.870. The van der Waals surface area contributed by atoms with E-state index < -0.39 is 0 Å². The molecule has 1 N–H and O–H groups in total. The van der Waals surface area contributed by atoms with Gasteiger partial charge in [-0.1, -0.05) is 0 Å². The van der Waals surface area contributed by atoms with Crippen molar-refractivity contribution in [2.45, 2.75) is 25.3 Å². The molecule has 0 saturated carbocycles. The largest absolute Gasteiger partial charge is 0.508 e. The highest BCUT2D eigenvalue weighted by Gasteiger charge is 2.25. The van der Waals surface area contributed by atoms with Gasteiger partial charge in [-0.15, -0.1) is 12.4 Å². The van der Waals surface area contributed by atoms with Crippen molar-refractivity contribution in [1.29, 1.82) is 0 Å². The molecule has 4 heteroatoms. The predicted octanol–water partition coefficient (Wildman–Crippen LogP) is 2.72. The van der Waals surface area contributed by atoms with Crippen LogP contribution in [-0.4, -0.2) is 34.7 Å². The molecule has 0 amide bonds. The first-order valence-corrected chi connectivity index (χ1v) is 6.53. The maximum absolute atomic E-state index is 9.63. The molecule has 1 unspecified atom stereocenters. The molecule has 0 spiro atoms. The molecule has 3 rings (SSSR count). The second-order valence-electron chi connectivity index (χ2n) is 5.55. The van der Waals surface area contributed by atoms with Crippen molar-refractivity contribution in [2.24, 2.45) is 7.05 Å². The Kier molecular flexibility index (Phi) is 3.79. The molecule has 0 radical (unpaired) electrons. The molecule has 0 fully saturated rings. The van der Waals surface area contributed by atoms with E-state index in [1.54, 1.807) is 6.07 Å². The third-order valence-electron chi connectivity index (χ3n) is 4.31. The van der Waals surface area contributed by atoms with Gasteiger partial charge in [0.1, 0.15) is 5.75 Å². The van der Waals surface area contributed by atoms with Crippen molar-refractivity contribution in [3.05, 3.63) is 29.5 Å². The summed E-state index contributed by atoms with van der Waals surface area (Å²) in [6.07, 6.45) is 3.46. The number of hydrogen-bond donors (Lipinski definition) is 1. The van der Waals surface area contributed by atoms with E-state index in [4.69, 9.17) is 0 Å². The molecule has 0 bridgehead atoms. The number of nitrogens with zero attached hydrogens (tertiary/aromatic N) is 2. The Morgan fingerprint density at radius 1 is 1.32 bits per heavy atom. The van der Waals surface area contributed by atoms with Crippen LogP contribution < -0.4 is 0 Å². The Bertz CT molecular complexity index is 604. The van der Waals surface area contributed by atoms with Crippen LogP contribution in [-0.2, 0) is 19.9 Å². The first-order chi connectivity index (χ1) is 8.58. The number of likely N-dealkylation sites (N-methyl/N-ethyl adjacent to an activating group) is 1. The van der Waals surface area contributed by atoms with Crippen molar-refractivity contribution in [3.8, 4) is 5.75 Å². The molecule has 104 valence electrons. The highest BCUT2D eigenvalue weighted by Crippen LogP contribution is 2.33. The minimum atomic E-state index is 0. The van der Waals surface area contributed by atoms with Crippen molar-refractivity contribution < 1.29 is 5.11 Å². The Hall–Kier alpha value is -1.19. The van der Waals surface area contributed by atoms with Crippen LogP contribution in [0, 0.1) is 0 Å². The third-order valence-corrected chi connectivity index (χ3v) is 4.31. The second-order valence-corrected chi connectivity index (χ2v) is 5.55. The van der Waals surface area contributed by atoms with Crippen LogP contribution in [0.5, 0.6) is 5.75 Å². The van der Waals surface area contributed by atoms with Crippen LogP contribution in [0.2, 0.25) is 0 Å². The molecule has 1 atom stereocenters. The van der Waals surface area contributed by atoms with E-state index >= 15 is 0 Å². The smallest absolute Gasteiger partial charge is 0.117 e. The minimum Gasteiger partial charge on any atom is -0.508 e. The monoisotopic (exact) mass is 280 g/mol. The molecule has 19 heavy (non-hydrogen) atoms. The summed E-state index contributed by atoms with van der Waals surface area (Å²) in [6.45, 7) is 0. The molecule has 1 aromatic heterocycles. The number of phenolic OH excluding ortho intramolecular Hbond substituents is 1. The minimum absolute atomic E-state index is 0. The van der Waals surface area contributed by atoms with E-state index in [9.17, 15) is 5.11 Å². The summed E-state index contributed by atoms with van der Waals surface area (Å²) in [7, 11) is 6.43. The molecular formula is C15H21ClN2O. The van der Waals surface area contributed by atoms with E-state index in [0.717, 1.165) is 18.4 Å². The Morgan fingerprint density at radius 3 is 2.74 bits per heavy atom. The van der Waals surface area contributed by atoms with Crippen molar-refractivity contribution in [1.82, 2.24) is 9.47 Å². The van der Waals surface area contributed by atoms with Gasteiger partial charge in [-0.2, -0.15) is 0 Å². The maximum Gasteiger partial charge on any atom is 0.117 e. The van der Waals surface area contributed by atoms with Gasteiger partial charge in [-0.05, 0) is 51.1 Å². The lowest BCUT2D eigenvalue weighted by Gasteiger charge is -2.28. The van der Waals surface area contributed by atoms with Gasteiger partial charge in [0.05, 0.1) is 5.52 Å². The summed E-state index contributed by atoms with van der Waals surface area (Å²) in [6, 6.07) is 6.36. The van der Waals surface area contributed by atoms with E-state index in [-0.39, 0.29) is 12.4 Å². The van der Waals surface area contributed by atoms with Crippen LogP contribution >= 0.6 is 12.4 Å². The van der Waals surface area contributed by atoms with E-state index in [1.807, 2.05) is 6.07 Å². The summed E-state index contributed by atoms with van der Waals surface area (Å²) in [5.74, 6) is 0.351. The number of fused-ring (bicyclic) bond motifs is 3. The fraction of sp³-hybridized carbons (Fsp3) is 0.467. The highest BCUT2D eigenvalue weighted by atomic mass is 35.5. The van der Waals surface area contributed by atoms with Gasteiger partial charge >= 0.3 is 0 Å². The van der Waals surface area contributed by atoms with Gasteiger partial charge < -0.3 is 14.6 Å². The molecule has 1 aromatic carbocycles. The predicted molar refractivity (Wildman–Crippen MR) is 81.3 cm³/mol. The lowest BCUT2D eigenvalue weighted by molar-refractivity contribution is 0.267. The first-order valence-electron chi connectivity index (χ1n) is 6.53. The standard InChI is InChI=1S/C15H20N2O.ClH/c1-16(2)10-4-7-14-13(8-10)12-6-5-11(18)9-15(12)17(14)3;/h5-6,9-10,18H,4,7-8H2,1-3H3;1H. The number of rotatable bonds is 1. The number of aromatic nitrogens is 1. The summed E-state index contributed by atoms with van der Waals surface area (Å²) >= 11 is 0. The van der Waals surface area contributed by atoms with Gasteiger partial charge in [-0.3, -0.25) is 0 Å². The molecule has 0 aliphatic heterocycles. The van der Waals surface area contributed by atoms with Gasteiger partial charge in [0.25, 0.3) is 0 Å². The van der Waals surface area contributed by atoms with Crippen LogP contribution in [0.3, 0.4) is 0 Å². The molecule has 1 aliphatic rings. The van der Waals surface area contributed by atoms with Crippen LogP contribution in [0.4, 0.5) is 0 Å². The molecule has 0 saturated heterocycles. The highest BCUT2D eigenvalue weighted by molar-refractivity contribution is 5.87. The fourth-order valence-electron chi connectivity index (χ4n) is 3.18. The summed E-state index contributed by atoms with van der Waals surface area (Å²) in [5.41, 5.74) is 4.06. The van der Waals surface area contributed by atoms with Gasteiger partial charge in [0.15, 0.2) is 0 Å². The van der Waals surface area contributed by atoms with E-state index in [2.05, 4.69) is 36.7 Å². The summed E-state index contributed by atoms with van der Waals surface area (Å²) in [5, 5.41) is 10.9. The second kappa shape index (κ2) is 5.06. The zero-order valence-corrected chi connectivity index (χ0v) is 12.5. The zero-order valence-electron chi connectivity index (χ0n) is 11.7. The zero-order chi connectivity index (χ0) is 12.9. The SMILES string of the molecule is CN(C)C1CCc2c(c3ccc(O)cc3n2C)C1.Cl. The van der Waals surface area contributed by atoms with Crippen LogP contribution in [0.25, 0.3) is 10.9 Å². The van der Waals surface area contributed by atoms with Crippen LogP contribution in [0.15, 0.2) is 18.2 Å². The topological polar surface area (TPSA) is 28.4 Å². The molecule has 3 nitrogen and oxygen atoms in total. The lowest BCUT2D eigenvalue weighted by atomic mass is 9.91. The Labute approximate surface area is 120 Å². The van der Waals surface area contributed by atoms with Crippen molar-refractivity contribution in [3.63, 3.8) is 0 Å². The lowest BCUT2D eigenvalue weighted by Crippen LogP contribution is -2.33. The van der Waals surface area contributed by atoms with E-state index in [1.165, 1.54) is 23.1 Å². The number of halogens is 1.